The van der Waals surface area contributed by atoms with Crippen LogP contribution < -0.4 is 4.90 Å². The largest absolute Gasteiger partial charge is 0.371 e. The van der Waals surface area contributed by atoms with Crippen LogP contribution in [0.4, 0.5) is 5.69 Å². The van der Waals surface area contributed by atoms with Gasteiger partial charge in [-0.3, -0.25) is 0 Å². The zero-order valence-electron chi connectivity index (χ0n) is 17.6. The summed E-state index contributed by atoms with van der Waals surface area (Å²) in [7, 11) is 0. The fourth-order valence-electron chi connectivity index (χ4n) is 4.70. The van der Waals surface area contributed by atoms with E-state index in [-0.39, 0.29) is 0 Å². The van der Waals surface area contributed by atoms with Gasteiger partial charge < -0.3 is 14.3 Å². The molecule has 0 aliphatic carbocycles. The van der Waals surface area contributed by atoms with Crippen molar-refractivity contribution in [2.45, 2.75) is 40.5 Å². The lowest BCUT2D eigenvalue weighted by Gasteiger charge is -2.32. The van der Waals surface area contributed by atoms with Crippen LogP contribution in [0.25, 0.3) is 21.6 Å². The van der Waals surface area contributed by atoms with Crippen molar-refractivity contribution in [3.8, 4) is 5.69 Å². The van der Waals surface area contributed by atoms with Gasteiger partial charge in [0.1, 0.15) is 5.65 Å². The molecule has 0 N–H and O–H groups in total. The van der Waals surface area contributed by atoms with Crippen molar-refractivity contribution in [3.05, 3.63) is 62.7 Å². The molecule has 5 heteroatoms. The molecule has 29 heavy (non-hydrogen) atoms. The van der Waals surface area contributed by atoms with E-state index in [1.54, 1.807) is 0 Å². The number of fused-ring (bicyclic) bond motifs is 1. The molecule has 0 saturated carbocycles. The Morgan fingerprint density at radius 3 is 2.34 bits per heavy atom. The van der Waals surface area contributed by atoms with E-state index in [0.29, 0.717) is 12.5 Å². The second-order valence-corrected chi connectivity index (χ2v) is 9.24. The van der Waals surface area contributed by atoms with Crippen LogP contribution in [-0.2, 0) is 0 Å². The van der Waals surface area contributed by atoms with Crippen molar-refractivity contribution in [2.75, 3.05) is 24.5 Å². The van der Waals surface area contributed by atoms with E-state index >= 15 is 0 Å². The summed E-state index contributed by atoms with van der Waals surface area (Å²) < 4.78 is 3.38. The van der Waals surface area contributed by atoms with E-state index in [0.717, 1.165) is 41.7 Å². The summed E-state index contributed by atoms with van der Waals surface area (Å²) >= 11 is 3.62. The zero-order valence-corrected chi connectivity index (χ0v) is 19.2. The van der Waals surface area contributed by atoms with Crippen molar-refractivity contribution in [1.82, 2.24) is 9.55 Å². The molecular weight excluding hydrogens is 424 g/mol. The number of nitrogens with zero attached hydrogens (tertiary/aromatic N) is 4. The van der Waals surface area contributed by atoms with Crippen molar-refractivity contribution in [1.29, 1.82) is 0 Å². The molecule has 1 aliphatic rings. The van der Waals surface area contributed by atoms with Crippen molar-refractivity contribution in [3.63, 3.8) is 0 Å². The van der Waals surface area contributed by atoms with E-state index in [1.165, 1.54) is 33.5 Å². The lowest BCUT2D eigenvalue weighted by Crippen LogP contribution is -2.34. The minimum Gasteiger partial charge on any atom is -0.371 e. The van der Waals surface area contributed by atoms with Gasteiger partial charge in [0, 0.05) is 46.4 Å². The van der Waals surface area contributed by atoms with Crippen molar-refractivity contribution >= 4 is 32.7 Å². The van der Waals surface area contributed by atoms with Crippen molar-refractivity contribution < 1.29 is 0 Å². The van der Waals surface area contributed by atoms with Gasteiger partial charge in [-0.1, -0.05) is 15.9 Å². The van der Waals surface area contributed by atoms with Crippen LogP contribution in [-0.4, -0.2) is 29.2 Å². The maximum Gasteiger partial charge on any atom is 0.217 e. The first-order valence-electron chi connectivity index (χ1n) is 10.2. The third kappa shape index (κ3) is 3.67. The average molecular weight is 451 g/mol. The van der Waals surface area contributed by atoms with Gasteiger partial charge in [0.05, 0.1) is 5.69 Å². The maximum absolute atomic E-state index is 7.15. The third-order valence-corrected chi connectivity index (χ3v) is 6.51. The molecule has 2 aromatic heterocycles. The summed E-state index contributed by atoms with van der Waals surface area (Å²) in [4.78, 5) is 11.1. The van der Waals surface area contributed by atoms with Gasteiger partial charge in [0.15, 0.2) is 0 Å². The van der Waals surface area contributed by atoms with Crippen LogP contribution in [0, 0.1) is 40.2 Å². The average Bonchev–Trinajstić information content (AvgIpc) is 2.97. The summed E-state index contributed by atoms with van der Waals surface area (Å²) in [6, 6.07) is 6.57. The fraction of sp³-hybridized carbons (Fsp3) is 0.417. The second-order valence-electron chi connectivity index (χ2n) is 8.32. The first-order valence-corrected chi connectivity index (χ1v) is 11.0. The molecule has 0 spiro atoms. The molecule has 0 bridgehead atoms. The minimum atomic E-state index is 0.543. The molecular formula is C24H27BrN4. The number of aromatic nitrogens is 2. The first-order chi connectivity index (χ1) is 13.9. The topological polar surface area (TPSA) is 25.4 Å². The molecule has 150 valence electrons. The summed E-state index contributed by atoms with van der Waals surface area (Å²) in [6.07, 6.45) is 4.42. The molecule has 1 saturated heterocycles. The third-order valence-electron chi connectivity index (χ3n) is 6.05. The Morgan fingerprint density at radius 2 is 1.72 bits per heavy atom. The molecule has 3 heterocycles. The lowest BCUT2D eigenvalue weighted by atomic mass is 9.96. The van der Waals surface area contributed by atoms with Crippen LogP contribution >= 0.6 is 15.9 Å². The molecule has 0 unspecified atom stereocenters. The smallest absolute Gasteiger partial charge is 0.217 e. The Labute approximate surface area is 181 Å². The number of halogens is 1. The number of piperidine rings is 1. The summed E-state index contributed by atoms with van der Waals surface area (Å²) in [6.45, 7) is 18.4. The number of benzene rings is 1. The van der Waals surface area contributed by atoms with Gasteiger partial charge in [0.2, 0.25) is 6.54 Å². The Morgan fingerprint density at radius 1 is 1.07 bits per heavy atom. The number of rotatable bonds is 3. The van der Waals surface area contributed by atoms with Gasteiger partial charge in [0.25, 0.3) is 0 Å². The molecule has 0 amide bonds. The highest BCUT2D eigenvalue weighted by Gasteiger charge is 2.25. The van der Waals surface area contributed by atoms with E-state index in [9.17, 15) is 0 Å². The monoisotopic (exact) mass is 450 g/mol. The van der Waals surface area contributed by atoms with Gasteiger partial charge in [-0.2, -0.15) is 0 Å². The van der Waals surface area contributed by atoms with Crippen LogP contribution in [0.3, 0.4) is 0 Å². The normalized spacial score (nSPS) is 15.1. The Kier molecular flexibility index (Phi) is 5.40. The standard InChI is InChI=1S/C24H27BrN4/c1-15-10-20(25)11-16(2)23(15)29-14-17(3)22-21(12-18(4)27-24(22)29)28-8-6-19(7-9-28)13-26-5/h10-12,14,19H,6-9,13H2,1-4H3. The number of hydrogen-bond donors (Lipinski definition) is 0. The SMILES string of the molecule is [C-]#[N+]CC1CCN(c2cc(C)nc3c2c(C)cn3-c2c(C)cc(Br)cc2C)CC1. The number of pyridine rings is 1. The molecule has 1 aromatic carbocycles. The Bertz CT molecular complexity index is 1090. The predicted octanol–water partition coefficient (Wildman–Crippen LogP) is 6.16. The zero-order chi connectivity index (χ0) is 20.7. The molecule has 1 fully saturated rings. The minimum absolute atomic E-state index is 0.543. The Balaban J connectivity index is 1.83. The van der Waals surface area contributed by atoms with Crippen LogP contribution in [0.1, 0.15) is 35.2 Å². The highest BCUT2D eigenvalue weighted by molar-refractivity contribution is 9.10. The van der Waals surface area contributed by atoms with Gasteiger partial charge >= 0.3 is 0 Å². The highest BCUT2D eigenvalue weighted by atomic mass is 79.9. The van der Waals surface area contributed by atoms with E-state index < -0.39 is 0 Å². The predicted molar refractivity (Wildman–Crippen MR) is 124 cm³/mol. The second kappa shape index (κ2) is 7.84. The molecule has 4 rings (SSSR count). The quantitative estimate of drug-likeness (QED) is 0.446. The van der Waals surface area contributed by atoms with Crippen LogP contribution in [0.2, 0.25) is 0 Å². The van der Waals surface area contributed by atoms with Gasteiger partial charge in [-0.05, 0) is 75.4 Å². The lowest BCUT2D eigenvalue weighted by molar-refractivity contribution is 0.431. The molecule has 1 aliphatic heterocycles. The number of aryl methyl sites for hydroxylation is 4. The molecule has 0 atom stereocenters. The van der Waals surface area contributed by atoms with E-state index in [4.69, 9.17) is 11.6 Å². The van der Waals surface area contributed by atoms with Crippen LogP contribution in [0.15, 0.2) is 28.9 Å². The highest BCUT2D eigenvalue weighted by Crippen LogP contribution is 2.36. The van der Waals surface area contributed by atoms with E-state index in [1.807, 2.05) is 0 Å². The van der Waals surface area contributed by atoms with Crippen molar-refractivity contribution in [2.24, 2.45) is 5.92 Å². The fourth-order valence-corrected chi connectivity index (χ4v) is 5.39. The Hall–Kier alpha value is -2.32. The number of anilines is 1. The summed E-state index contributed by atoms with van der Waals surface area (Å²) in [5.74, 6) is 0.543. The molecule has 4 nitrogen and oxygen atoms in total. The van der Waals surface area contributed by atoms with Gasteiger partial charge in [-0.15, -0.1) is 0 Å². The first kappa shape index (κ1) is 20.0. The van der Waals surface area contributed by atoms with Gasteiger partial charge in [-0.25, -0.2) is 11.6 Å². The number of hydrogen-bond acceptors (Lipinski definition) is 2. The molecule has 3 aromatic rings. The van der Waals surface area contributed by atoms with E-state index in [2.05, 4.69) is 82.3 Å². The summed E-state index contributed by atoms with van der Waals surface area (Å²) in [5, 5.41) is 1.25. The molecule has 0 radical (unpaired) electrons. The van der Waals surface area contributed by atoms with Crippen LogP contribution in [0.5, 0.6) is 0 Å². The maximum atomic E-state index is 7.15. The summed E-state index contributed by atoms with van der Waals surface area (Å²) in [5.41, 5.74) is 8.31.